The van der Waals surface area contributed by atoms with Gasteiger partial charge in [-0.1, -0.05) is 0 Å². The molecule has 126 valence electrons. The number of nitrogens with zero attached hydrogens (tertiary/aromatic N) is 3. The molecular weight excluding hydrogens is 290 g/mol. The average Bonchev–Trinajstić information content (AvgIpc) is 2.58. The summed E-state index contributed by atoms with van der Waals surface area (Å²) >= 11 is 0. The fraction of sp³-hybridized carbons (Fsp3) is 0.611. The second kappa shape index (κ2) is 7.43. The molecule has 0 bridgehead atoms. The van der Waals surface area contributed by atoms with E-state index in [0.717, 1.165) is 63.4 Å². The first-order chi connectivity index (χ1) is 11.1. The quantitative estimate of drug-likeness (QED) is 0.842. The minimum absolute atomic E-state index is 0.157. The summed E-state index contributed by atoms with van der Waals surface area (Å²) in [6.45, 7) is 6.29. The van der Waals surface area contributed by atoms with Gasteiger partial charge in [-0.05, 0) is 44.2 Å². The van der Waals surface area contributed by atoms with Crippen molar-refractivity contribution in [2.45, 2.75) is 18.9 Å². The molecule has 0 saturated carbocycles. The van der Waals surface area contributed by atoms with E-state index in [9.17, 15) is 9.90 Å². The maximum absolute atomic E-state index is 12.4. The summed E-state index contributed by atoms with van der Waals surface area (Å²) in [7, 11) is 2.12. The van der Waals surface area contributed by atoms with Gasteiger partial charge in [0.05, 0.1) is 12.6 Å². The van der Waals surface area contributed by atoms with Crippen molar-refractivity contribution in [3.05, 3.63) is 29.8 Å². The normalized spacial score (nSPS) is 21.6. The highest BCUT2D eigenvalue weighted by Crippen LogP contribution is 2.20. The van der Waals surface area contributed by atoms with Gasteiger partial charge in [0.1, 0.15) is 0 Å². The van der Waals surface area contributed by atoms with Crippen molar-refractivity contribution in [3.63, 3.8) is 0 Å². The van der Waals surface area contributed by atoms with Gasteiger partial charge in [-0.15, -0.1) is 0 Å². The van der Waals surface area contributed by atoms with Crippen LogP contribution in [0.2, 0.25) is 0 Å². The number of aliphatic hydroxyl groups is 1. The van der Waals surface area contributed by atoms with Crippen LogP contribution in [0.3, 0.4) is 0 Å². The highest BCUT2D eigenvalue weighted by Gasteiger charge is 2.19. The Balaban J connectivity index is 1.55. The SMILES string of the molecule is CN1CCN(CC(=O)c2ccc(N3CCC(O)CC3)cc2)CC1. The van der Waals surface area contributed by atoms with E-state index >= 15 is 0 Å². The summed E-state index contributed by atoms with van der Waals surface area (Å²) < 4.78 is 0. The first kappa shape index (κ1) is 16.4. The zero-order chi connectivity index (χ0) is 16.2. The molecule has 0 atom stereocenters. The Morgan fingerprint density at radius 3 is 2.26 bits per heavy atom. The molecule has 23 heavy (non-hydrogen) atoms. The van der Waals surface area contributed by atoms with E-state index in [1.54, 1.807) is 0 Å². The van der Waals surface area contributed by atoms with E-state index in [-0.39, 0.29) is 11.9 Å². The number of anilines is 1. The lowest BCUT2D eigenvalue weighted by Gasteiger charge is -2.32. The fourth-order valence-electron chi connectivity index (χ4n) is 3.28. The Morgan fingerprint density at radius 1 is 1.04 bits per heavy atom. The van der Waals surface area contributed by atoms with Crippen LogP contribution in [0.1, 0.15) is 23.2 Å². The van der Waals surface area contributed by atoms with Crippen molar-refractivity contribution in [2.24, 2.45) is 0 Å². The largest absolute Gasteiger partial charge is 0.393 e. The number of ketones is 1. The van der Waals surface area contributed by atoms with Gasteiger partial charge >= 0.3 is 0 Å². The van der Waals surface area contributed by atoms with E-state index in [1.807, 2.05) is 24.3 Å². The highest BCUT2D eigenvalue weighted by atomic mass is 16.3. The number of carbonyl (C=O) groups is 1. The van der Waals surface area contributed by atoms with Crippen LogP contribution in [0.25, 0.3) is 0 Å². The van der Waals surface area contributed by atoms with Crippen LogP contribution in [-0.2, 0) is 0 Å². The molecule has 1 aromatic rings. The van der Waals surface area contributed by atoms with Gasteiger partial charge in [-0.3, -0.25) is 9.69 Å². The molecule has 2 fully saturated rings. The van der Waals surface area contributed by atoms with Crippen molar-refractivity contribution in [1.29, 1.82) is 0 Å². The van der Waals surface area contributed by atoms with Gasteiger partial charge in [0, 0.05) is 50.5 Å². The molecule has 5 nitrogen and oxygen atoms in total. The van der Waals surface area contributed by atoms with Crippen LogP contribution >= 0.6 is 0 Å². The Bertz CT molecular complexity index is 516. The standard InChI is InChI=1S/C18H27N3O2/c1-19-10-12-20(13-11-19)14-18(23)15-2-4-16(5-3-15)21-8-6-17(22)7-9-21/h2-5,17,22H,6-14H2,1H3. The van der Waals surface area contributed by atoms with Crippen molar-refractivity contribution < 1.29 is 9.90 Å². The predicted molar refractivity (Wildman–Crippen MR) is 92.2 cm³/mol. The second-order valence-corrected chi connectivity index (χ2v) is 6.77. The van der Waals surface area contributed by atoms with Gasteiger partial charge < -0.3 is 14.9 Å². The van der Waals surface area contributed by atoms with E-state index in [0.29, 0.717) is 6.54 Å². The van der Waals surface area contributed by atoms with Crippen LogP contribution in [0, 0.1) is 0 Å². The Kier molecular flexibility index (Phi) is 5.30. The number of Topliss-reactive ketones (excluding diaryl/α,β-unsaturated/α-hetero) is 1. The summed E-state index contributed by atoms with van der Waals surface area (Å²) in [6.07, 6.45) is 1.49. The van der Waals surface area contributed by atoms with E-state index < -0.39 is 0 Å². The van der Waals surface area contributed by atoms with Crippen LogP contribution in [0.4, 0.5) is 5.69 Å². The Hall–Kier alpha value is -1.43. The van der Waals surface area contributed by atoms with Crippen molar-refractivity contribution in [2.75, 3.05) is 57.8 Å². The predicted octanol–water partition coefficient (Wildman–Crippen LogP) is 1.08. The molecule has 2 heterocycles. The lowest BCUT2D eigenvalue weighted by molar-refractivity contribution is 0.0876. The summed E-state index contributed by atoms with van der Waals surface area (Å²) in [6, 6.07) is 7.96. The molecule has 3 rings (SSSR count). The molecule has 2 aliphatic heterocycles. The highest BCUT2D eigenvalue weighted by molar-refractivity contribution is 5.97. The molecule has 2 aliphatic rings. The second-order valence-electron chi connectivity index (χ2n) is 6.77. The molecule has 0 unspecified atom stereocenters. The first-order valence-electron chi connectivity index (χ1n) is 8.59. The lowest BCUT2D eigenvalue weighted by atomic mass is 10.1. The van der Waals surface area contributed by atoms with Gasteiger partial charge in [0.25, 0.3) is 0 Å². The van der Waals surface area contributed by atoms with Crippen LogP contribution < -0.4 is 4.90 Å². The maximum atomic E-state index is 12.4. The first-order valence-corrected chi connectivity index (χ1v) is 8.59. The Morgan fingerprint density at radius 2 is 1.65 bits per heavy atom. The summed E-state index contributed by atoms with van der Waals surface area (Å²) in [5.41, 5.74) is 1.94. The van der Waals surface area contributed by atoms with E-state index in [4.69, 9.17) is 0 Å². The molecule has 1 aromatic carbocycles. The lowest BCUT2D eigenvalue weighted by Crippen LogP contribution is -2.46. The molecule has 0 aromatic heterocycles. The number of hydrogen-bond donors (Lipinski definition) is 1. The monoisotopic (exact) mass is 317 g/mol. The van der Waals surface area contributed by atoms with E-state index in [1.165, 1.54) is 0 Å². The number of benzene rings is 1. The third-order valence-corrected chi connectivity index (χ3v) is 4.98. The van der Waals surface area contributed by atoms with Crippen LogP contribution in [0.5, 0.6) is 0 Å². The third-order valence-electron chi connectivity index (χ3n) is 4.98. The van der Waals surface area contributed by atoms with Crippen LogP contribution in [-0.4, -0.2) is 79.7 Å². The molecular formula is C18H27N3O2. The molecule has 0 amide bonds. The summed E-state index contributed by atoms with van der Waals surface area (Å²) in [4.78, 5) is 19.2. The molecule has 2 saturated heterocycles. The van der Waals surface area contributed by atoms with Crippen LogP contribution in [0.15, 0.2) is 24.3 Å². The zero-order valence-electron chi connectivity index (χ0n) is 13.9. The molecule has 0 radical (unpaired) electrons. The molecule has 0 spiro atoms. The van der Waals surface area contributed by atoms with Crippen molar-refractivity contribution >= 4 is 11.5 Å². The van der Waals surface area contributed by atoms with Gasteiger partial charge in [-0.2, -0.15) is 0 Å². The minimum Gasteiger partial charge on any atom is -0.393 e. The molecule has 1 N–H and O–H groups in total. The summed E-state index contributed by atoms with van der Waals surface area (Å²) in [5, 5.41) is 9.58. The number of hydrogen-bond acceptors (Lipinski definition) is 5. The van der Waals surface area contributed by atoms with Crippen molar-refractivity contribution in [3.8, 4) is 0 Å². The topological polar surface area (TPSA) is 47.0 Å². The minimum atomic E-state index is -0.157. The number of likely N-dealkylation sites (N-methyl/N-ethyl adjacent to an activating group) is 1. The number of piperidine rings is 1. The number of carbonyl (C=O) groups excluding carboxylic acids is 1. The number of aliphatic hydroxyl groups excluding tert-OH is 1. The van der Waals surface area contributed by atoms with Crippen molar-refractivity contribution in [1.82, 2.24) is 9.80 Å². The molecule has 5 heteroatoms. The third kappa shape index (κ3) is 4.31. The van der Waals surface area contributed by atoms with Gasteiger partial charge in [0.15, 0.2) is 5.78 Å². The average molecular weight is 317 g/mol. The fourth-order valence-corrected chi connectivity index (χ4v) is 3.28. The number of piperazine rings is 1. The Labute approximate surface area is 138 Å². The maximum Gasteiger partial charge on any atom is 0.176 e. The smallest absolute Gasteiger partial charge is 0.176 e. The zero-order valence-corrected chi connectivity index (χ0v) is 13.9. The number of rotatable bonds is 4. The van der Waals surface area contributed by atoms with Gasteiger partial charge in [0.2, 0.25) is 0 Å². The van der Waals surface area contributed by atoms with Gasteiger partial charge in [-0.25, -0.2) is 0 Å². The molecule has 0 aliphatic carbocycles. The summed E-state index contributed by atoms with van der Waals surface area (Å²) in [5.74, 6) is 0.204. The van der Waals surface area contributed by atoms with E-state index in [2.05, 4.69) is 21.7 Å².